The minimum atomic E-state index is -0.368. The SMILES string of the molecule is CC1(C)OB(c2nncs2)OC1(C)C. The third-order valence-electron chi connectivity index (χ3n) is 2.83. The molecule has 4 nitrogen and oxygen atoms in total. The zero-order chi connectivity index (χ0) is 10.4. The van der Waals surface area contributed by atoms with E-state index in [0.29, 0.717) is 0 Å². The van der Waals surface area contributed by atoms with Gasteiger partial charge in [0.15, 0.2) is 0 Å². The Morgan fingerprint density at radius 2 is 1.79 bits per heavy atom. The van der Waals surface area contributed by atoms with Crippen molar-refractivity contribution in [2.75, 3.05) is 0 Å². The lowest BCUT2D eigenvalue weighted by atomic mass is 9.90. The topological polar surface area (TPSA) is 44.2 Å². The molecule has 1 aliphatic rings. The summed E-state index contributed by atoms with van der Waals surface area (Å²) in [4.78, 5) is 0.781. The molecule has 1 aromatic heterocycles. The monoisotopic (exact) mass is 212 g/mol. The van der Waals surface area contributed by atoms with Crippen molar-refractivity contribution in [2.24, 2.45) is 0 Å². The molecule has 0 bridgehead atoms. The van der Waals surface area contributed by atoms with Crippen LogP contribution in [0.2, 0.25) is 0 Å². The third-order valence-corrected chi connectivity index (χ3v) is 3.55. The number of nitrogens with zero attached hydrogens (tertiary/aromatic N) is 2. The summed E-state index contributed by atoms with van der Waals surface area (Å²) >= 11 is 1.45. The van der Waals surface area contributed by atoms with Gasteiger partial charge in [0.25, 0.3) is 0 Å². The second kappa shape index (κ2) is 3.02. The molecule has 2 rings (SSSR count). The number of rotatable bonds is 1. The molecule has 2 heterocycles. The van der Waals surface area contributed by atoms with Gasteiger partial charge in [-0.25, -0.2) is 0 Å². The van der Waals surface area contributed by atoms with Crippen LogP contribution in [-0.4, -0.2) is 28.5 Å². The molecule has 0 amide bonds. The van der Waals surface area contributed by atoms with Crippen molar-refractivity contribution in [1.29, 1.82) is 0 Å². The van der Waals surface area contributed by atoms with E-state index in [1.54, 1.807) is 5.51 Å². The van der Waals surface area contributed by atoms with Gasteiger partial charge in [-0.2, -0.15) is 0 Å². The lowest BCUT2D eigenvalue weighted by Gasteiger charge is -2.32. The second-order valence-corrected chi connectivity index (χ2v) is 5.23. The van der Waals surface area contributed by atoms with E-state index in [1.165, 1.54) is 11.3 Å². The predicted molar refractivity (Wildman–Crippen MR) is 55.6 cm³/mol. The van der Waals surface area contributed by atoms with Crippen LogP contribution in [0.3, 0.4) is 0 Å². The van der Waals surface area contributed by atoms with E-state index in [1.807, 2.05) is 27.7 Å². The molecule has 0 aromatic carbocycles. The van der Waals surface area contributed by atoms with Crippen LogP contribution >= 0.6 is 11.3 Å². The Labute approximate surface area is 87.8 Å². The molecule has 1 aromatic rings. The standard InChI is InChI=1S/C8H13BN2O2S/c1-7(2)8(3,4)13-9(12-7)6-11-10-5-14-6/h5H,1-4H3. The van der Waals surface area contributed by atoms with Gasteiger partial charge in [0.2, 0.25) is 0 Å². The minimum Gasteiger partial charge on any atom is -0.398 e. The molecule has 0 aliphatic carbocycles. The highest BCUT2D eigenvalue weighted by Crippen LogP contribution is 2.36. The van der Waals surface area contributed by atoms with Crippen molar-refractivity contribution in [3.05, 3.63) is 5.51 Å². The van der Waals surface area contributed by atoms with Crippen molar-refractivity contribution in [1.82, 2.24) is 10.2 Å². The van der Waals surface area contributed by atoms with Gasteiger partial charge >= 0.3 is 7.12 Å². The Bertz CT molecular complexity index is 310. The van der Waals surface area contributed by atoms with E-state index >= 15 is 0 Å². The van der Waals surface area contributed by atoms with Crippen molar-refractivity contribution in [3.8, 4) is 0 Å². The molecule has 0 atom stereocenters. The molecule has 1 saturated heterocycles. The highest BCUT2D eigenvalue weighted by molar-refractivity contribution is 7.19. The Morgan fingerprint density at radius 3 is 2.21 bits per heavy atom. The van der Waals surface area contributed by atoms with E-state index in [4.69, 9.17) is 9.31 Å². The van der Waals surface area contributed by atoms with Gasteiger partial charge in [-0.1, -0.05) is 0 Å². The maximum absolute atomic E-state index is 5.79. The zero-order valence-corrected chi connectivity index (χ0v) is 9.59. The van der Waals surface area contributed by atoms with Gasteiger partial charge in [-0.15, -0.1) is 21.5 Å². The van der Waals surface area contributed by atoms with Crippen LogP contribution in [0.25, 0.3) is 0 Å². The van der Waals surface area contributed by atoms with Crippen LogP contribution in [0.1, 0.15) is 27.7 Å². The summed E-state index contributed by atoms with van der Waals surface area (Å²) in [5.41, 5.74) is 1.08. The first-order valence-corrected chi connectivity index (χ1v) is 5.42. The van der Waals surface area contributed by atoms with Gasteiger partial charge in [0.05, 0.1) is 11.2 Å². The maximum Gasteiger partial charge on any atom is 0.527 e. The van der Waals surface area contributed by atoms with E-state index < -0.39 is 0 Å². The molecule has 0 unspecified atom stereocenters. The highest BCUT2D eigenvalue weighted by atomic mass is 32.1. The Balaban J connectivity index is 2.22. The summed E-state index contributed by atoms with van der Waals surface area (Å²) in [6.45, 7) is 8.09. The molecule has 0 spiro atoms. The molecule has 6 heteroatoms. The number of hydrogen-bond donors (Lipinski definition) is 0. The molecule has 14 heavy (non-hydrogen) atoms. The van der Waals surface area contributed by atoms with Crippen LogP contribution in [0, 0.1) is 0 Å². The molecule has 0 saturated carbocycles. The fourth-order valence-electron chi connectivity index (χ4n) is 1.23. The quantitative estimate of drug-likeness (QED) is 0.647. The Hall–Kier alpha value is -0.455. The van der Waals surface area contributed by atoms with Crippen LogP contribution in [0.4, 0.5) is 0 Å². The van der Waals surface area contributed by atoms with E-state index in [2.05, 4.69) is 10.2 Å². The van der Waals surface area contributed by atoms with Crippen molar-refractivity contribution >= 4 is 23.4 Å². The van der Waals surface area contributed by atoms with Crippen LogP contribution in [0.15, 0.2) is 5.51 Å². The van der Waals surface area contributed by atoms with E-state index in [0.717, 1.165) is 4.91 Å². The molecule has 76 valence electrons. The Morgan fingerprint density at radius 1 is 1.21 bits per heavy atom. The number of aromatic nitrogens is 2. The van der Waals surface area contributed by atoms with E-state index in [9.17, 15) is 0 Å². The molecule has 0 N–H and O–H groups in total. The molecular formula is C8H13BN2O2S. The average molecular weight is 212 g/mol. The van der Waals surface area contributed by atoms with Crippen LogP contribution < -0.4 is 4.91 Å². The van der Waals surface area contributed by atoms with Crippen LogP contribution in [0.5, 0.6) is 0 Å². The van der Waals surface area contributed by atoms with Crippen LogP contribution in [-0.2, 0) is 9.31 Å². The van der Waals surface area contributed by atoms with Gasteiger partial charge in [0, 0.05) is 0 Å². The summed E-state index contributed by atoms with van der Waals surface area (Å²) in [6, 6.07) is 0. The average Bonchev–Trinajstić information content (AvgIpc) is 2.58. The summed E-state index contributed by atoms with van der Waals surface area (Å²) in [5.74, 6) is 0. The summed E-state index contributed by atoms with van der Waals surface area (Å²) < 4.78 is 11.6. The fourth-order valence-corrected chi connectivity index (χ4v) is 1.73. The largest absolute Gasteiger partial charge is 0.527 e. The zero-order valence-electron chi connectivity index (χ0n) is 8.77. The van der Waals surface area contributed by atoms with Crippen molar-refractivity contribution in [3.63, 3.8) is 0 Å². The first kappa shape index (κ1) is 10.1. The highest BCUT2D eigenvalue weighted by Gasteiger charge is 2.52. The molecular weight excluding hydrogens is 199 g/mol. The smallest absolute Gasteiger partial charge is 0.398 e. The summed E-state index contributed by atoms with van der Waals surface area (Å²) in [7, 11) is -0.368. The fraction of sp³-hybridized carbons (Fsp3) is 0.750. The van der Waals surface area contributed by atoms with E-state index in [-0.39, 0.29) is 18.3 Å². The predicted octanol–water partition coefficient (Wildman–Crippen LogP) is 0.837. The lowest BCUT2D eigenvalue weighted by molar-refractivity contribution is 0.00578. The summed E-state index contributed by atoms with van der Waals surface area (Å²) in [6.07, 6.45) is 0. The molecule has 1 fully saturated rings. The van der Waals surface area contributed by atoms with Crippen molar-refractivity contribution in [2.45, 2.75) is 38.9 Å². The van der Waals surface area contributed by atoms with Gasteiger partial charge in [-0.3, -0.25) is 0 Å². The summed E-state index contributed by atoms with van der Waals surface area (Å²) in [5, 5.41) is 7.72. The van der Waals surface area contributed by atoms with Gasteiger partial charge < -0.3 is 9.31 Å². The second-order valence-electron chi connectivity index (χ2n) is 4.37. The third kappa shape index (κ3) is 1.47. The molecule has 1 aliphatic heterocycles. The first-order valence-electron chi connectivity index (χ1n) is 4.54. The lowest BCUT2D eigenvalue weighted by Crippen LogP contribution is -2.41. The Kier molecular flexibility index (Phi) is 2.17. The van der Waals surface area contributed by atoms with Crippen molar-refractivity contribution < 1.29 is 9.31 Å². The maximum atomic E-state index is 5.79. The van der Waals surface area contributed by atoms with Gasteiger partial charge in [0.1, 0.15) is 10.4 Å². The first-order chi connectivity index (χ1) is 6.42. The minimum absolute atomic E-state index is 0.302. The normalized spacial score (nSPS) is 24.1. The number of hydrogen-bond acceptors (Lipinski definition) is 5. The van der Waals surface area contributed by atoms with Gasteiger partial charge in [-0.05, 0) is 27.7 Å². The molecule has 0 radical (unpaired) electrons.